The van der Waals surface area contributed by atoms with E-state index in [0.717, 1.165) is 32.1 Å². The van der Waals surface area contributed by atoms with Gasteiger partial charge >= 0.3 is 0 Å². The molecule has 0 spiro atoms. The third kappa shape index (κ3) is 2.85. The van der Waals surface area contributed by atoms with E-state index in [0.29, 0.717) is 5.56 Å². The predicted octanol–water partition coefficient (Wildman–Crippen LogP) is 3.01. The van der Waals surface area contributed by atoms with Gasteiger partial charge in [0.15, 0.2) is 0 Å². The number of hydrogen-bond acceptors (Lipinski definition) is 2. The molecule has 1 fully saturated rings. The van der Waals surface area contributed by atoms with Crippen molar-refractivity contribution in [3.63, 3.8) is 0 Å². The van der Waals surface area contributed by atoms with Crippen molar-refractivity contribution in [1.29, 1.82) is 0 Å². The lowest BCUT2D eigenvalue weighted by Crippen LogP contribution is -2.55. The normalized spacial score (nSPS) is 19.4. The summed E-state index contributed by atoms with van der Waals surface area (Å²) in [7, 11) is 1.71. The maximum Gasteiger partial charge on any atom is 0.242 e. The van der Waals surface area contributed by atoms with E-state index in [-0.39, 0.29) is 17.8 Å². The number of amides is 1. The van der Waals surface area contributed by atoms with E-state index in [2.05, 4.69) is 0 Å². The molecule has 0 radical (unpaired) electrons. The molecule has 110 valence electrons. The van der Waals surface area contributed by atoms with Crippen molar-refractivity contribution in [2.24, 2.45) is 5.73 Å². The number of hydrogen-bond donors (Lipinski definition) is 1. The van der Waals surface area contributed by atoms with Gasteiger partial charge in [0.1, 0.15) is 5.82 Å². The van der Waals surface area contributed by atoms with E-state index >= 15 is 0 Å². The van der Waals surface area contributed by atoms with Gasteiger partial charge in [-0.1, -0.05) is 37.5 Å². The fraction of sp³-hybridized carbons (Fsp3) is 0.562. The zero-order chi connectivity index (χ0) is 14.8. The van der Waals surface area contributed by atoms with Crippen LogP contribution in [0.1, 0.15) is 50.6 Å². The number of nitrogens with two attached hydrogens (primary N) is 1. The monoisotopic (exact) mass is 278 g/mol. The van der Waals surface area contributed by atoms with Crippen molar-refractivity contribution in [1.82, 2.24) is 4.90 Å². The standard InChI is InChI=1S/C16H23FN2O/c1-12(13-8-4-5-9-14(13)17)19(2)15(20)16(18)10-6-3-7-11-16/h4-5,8-9,12H,3,6-7,10-11,18H2,1-2H3. The summed E-state index contributed by atoms with van der Waals surface area (Å²) in [6.07, 6.45) is 4.56. The molecular formula is C16H23FN2O. The summed E-state index contributed by atoms with van der Waals surface area (Å²) >= 11 is 0. The van der Waals surface area contributed by atoms with Crippen LogP contribution in [-0.4, -0.2) is 23.4 Å². The van der Waals surface area contributed by atoms with Crippen LogP contribution in [0.15, 0.2) is 24.3 Å². The molecule has 0 bridgehead atoms. The van der Waals surface area contributed by atoms with Crippen LogP contribution in [0.5, 0.6) is 0 Å². The highest BCUT2D eigenvalue weighted by Crippen LogP contribution is 2.30. The van der Waals surface area contributed by atoms with Gasteiger partial charge in [-0.2, -0.15) is 0 Å². The average Bonchev–Trinajstić information content (AvgIpc) is 2.46. The summed E-state index contributed by atoms with van der Waals surface area (Å²) in [5, 5.41) is 0. The summed E-state index contributed by atoms with van der Waals surface area (Å²) < 4.78 is 13.8. The Balaban J connectivity index is 2.16. The molecule has 1 saturated carbocycles. The maximum atomic E-state index is 13.8. The van der Waals surface area contributed by atoms with Gasteiger partial charge in [-0.15, -0.1) is 0 Å². The number of carbonyl (C=O) groups excluding carboxylic acids is 1. The second-order valence-corrected chi connectivity index (χ2v) is 5.83. The minimum Gasteiger partial charge on any atom is -0.337 e. The van der Waals surface area contributed by atoms with Crippen LogP contribution < -0.4 is 5.73 Å². The van der Waals surface area contributed by atoms with Crippen LogP contribution >= 0.6 is 0 Å². The van der Waals surface area contributed by atoms with Crippen molar-refractivity contribution < 1.29 is 9.18 Å². The van der Waals surface area contributed by atoms with Crippen LogP contribution in [0, 0.1) is 5.82 Å². The number of benzene rings is 1. The molecule has 1 atom stereocenters. The van der Waals surface area contributed by atoms with E-state index in [1.54, 1.807) is 30.1 Å². The lowest BCUT2D eigenvalue weighted by Gasteiger charge is -2.37. The van der Waals surface area contributed by atoms with Crippen LogP contribution in [0.25, 0.3) is 0 Å². The molecule has 20 heavy (non-hydrogen) atoms. The molecule has 2 rings (SSSR count). The Hall–Kier alpha value is -1.42. The fourth-order valence-corrected chi connectivity index (χ4v) is 2.95. The quantitative estimate of drug-likeness (QED) is 0.924. The highest BCUT2D eigenvalue weighted by molar-refractivity contribution is 5.86. The van der Waals surface area contributed by atoms with Crippen molar-refractivity contribution in [3.05, 3.63) is 35.6 Å². The van der Waals surface area contributed by atoms with Crippen LogP contribution in [0.4, 0.5) is 4.39 Å². The zero-order valence-electron chi connectivity index (χ0n) is 12.2. The van der Waals surface area contributed by atoms with Crippen LogP contribution in [0.3, 0.4) is 0 Å². The Kier molecular flexibility index (Phi) is 4.43. The molecule has 0 saturated heterocycles. The summed E-state index contributed by atoms with van der Waals surface area (Å²) in [5.41, 5.74) is 6.03. The van der Waals surface area contributed by atoms with Gasteiger partial charge in [0.25, 0.3) is 0 Å². The summed E-state index contributed by atoms with van der Waals surface area (Å²) in [5.74, 6) is -0.359. The van der Waals surface area contributed by atoms with Crippen molar-refractivity contribution in [2.45, 2.75) is 50.6 Å². The van der Waals surface area contributed by atoms with Gasteiger partial charge in [0.05, 0.1) is 11.6 Å². The molecule has 1 aliphatic carbocycles. The lowest BCUT2D eigenvalue weighted by molar-refractivity contribution is -0.139. The number of likely N-dealkylation sites (N-methyl/N-ethyl adjacent to an activating group) is 1. The molecule has 1 aliphatic rings. The number of carbonyl (C=O) groups is 1. The van der Waals surface area contributed by atoms with Gasteiger partial charge in [0.2, 0.25) is 5.91 Å². The Morgan fingerprint density at radius 3 is 2.50 bits per heavy atom. The van der Waals surface area contributed by atoms with Gasteiger partial charge in [0, 0.05) is 12.6 Å². The van der Waals surface area contributed by atoms with Crippen LogP contribution in [-0.2, 0) is 4.79 Å². The van der Waals surface area contributed by atoms with E-state index in [1.165, 1.54) is 6.07 Å². The smallest absolute Gasteiger partial charge is 0.242 e. The maximum absolute atomic E-state index is 13.8. The van der Waals surface area contributed by atoms with Crippen molar-refractivity contribution in [2.75, 3.05) is 7.05 Å². The minimum atomic E-state index is -0.771. The summed E-state index contributed by atoms with van der Waals surface area (Å²) in [6, 6.07) is 6.26. The second-order valence-electron chi connectivity index (χ2n) is 5.83. The Morgan fingerprint density at radius 1 is 1.30 bits per heavy atom. The Bertz CT molecular complexity index is 483. The summed E-state index contributed by atoms with van der Waals surface area (Å²) in [6.45, 7) is 1.84. The Labute approximate surface area is 120 Å². The molecule has 1 aromatic rings. The first-order valence-electron chi connectivity index (χ1n) is 7.26. The molecule has 0 aliphatic heterocycles. The largest absolute Gasteiger partial charge is 0.337 e. The third-order valence-corrected chi connectivity index (χ3v) is 4.43. The molecule has 1 unspecified atom stereocenters. The number of nitrogens with zero attached hydrogens (tertiary/aromatic N) is 1. The summed E-state index contributed by atoms with van der Waals surface area (Å²) in [4.78, 5) is 14.2. The molecule has 4 heteroatoms. The van der Waals surface area contributed by atoms with Crippen molar-refractivity contribution in [3.8, 4) is 0 Å². The fourth-order valence-electron chi connectivity index (χ4n) is 2.95. The molecule has 3 nitrogen and oxygen atoms in total. The average molecular weight is 278 g/mol. The lowest BCUT2D eigenvalue weighted by atomic mass is 9.81. The first-order chi connectivity index (χ1) is 9.46. The van der Waals surface area contributed by atoms with Crippen LogP contribution in [0.2, 0.25) is 0 Å². The second kappa shape index (κ2) is 5.92. The highest BCUT2D eigenvalue weighted by Gasteiger charge is 2.38. The molecule has 0 heterocycles. The number of halogens is 1. The van der Waals surface area contributed by atoms with E-state index in [4.69, 9.17) is 5.73 Å². The highest BCUT2D eigenvalue weighted by atomic mass is 19.1. The topological polar surface area (TPSA) is 46.3 Å². The Morgan fingerprint density at radius 2 is 1.90 bits per heavy atom. The first kappa shape index (κ1) is 15.0. The van der Waals surface area contributed by atoms with Gasteiger partial charge in [-0.3, -0.25) is 4.79 Å². The van der Waals surface area contributed by atoms with E-state index in [9.17, 15) is 9.18 Å². The van der Waals surface area contributed by atoms with Gasteiger partial charge in [-0.05, 0) is 25.8 Å². The molecule has 1 aromatic carbocycles. The minimum absolute atomic E-state index is 0.0760. The first-order valence-corrected chi connectivity index (χ1v) is 7.26. The SMILES string of the molecule is CC(c1ccccc1F)N(C)C(=O)C1(N)CCCCC1. The molecular weight excluding hydrogens is 255 g/mol. The van der Waals surface area contributed by atoms with Gasteiger partial charge in [-0.25, -0.2) is 4.39 Å². The van der Waals surface area contributed by atoms with Gasteiger partial charge < -0.3 is 10.6 Å². The molecule has 1 amide bonds. The van der Waals surface area contributed by atoms with E-state index in [1.807, 2.05) is 6.92 Å². The predicted molar refractivity (Wildman–Crippen MR) is 77.6 cm³/mol. The number of rotatable bonds is 3. The van der Waals surface area contributed by atoms with E-state index < -0.39 is 5.54 Å². The molecule has 0 aromatic heterocycles. The molecule has 2 N–H and O–H groups in total. The third-order valence-electron chi connectivity index (χ3n) is 4.43. The van der Waals surface area contributed by atoms with Crippen molar-refractivity contribution >= 4 is 5.91 Å². The zero-order valence-corrected chi connectivity index (χ0v) is 12.2.